The summed E-state index contributed by atoms with van der Waals surface area (Å²) >= 11 is 0. The molecule has 0 aliphatic rings. The first-order valence-corrected chi connectivity index (χ1v) is 1.31. The van der Waals surface area contributed by atoms with E-state index in [1.807, 2.05) is 0 Å². The van der Waals surface area contributed by atoms with E-state index in [9.17, 15) is 4.79 Å². The van der Waals surface area contributed by atoms with Crippen LogP contribution < -0.4 is 5.73 Å². The molecule has 0 aromatic rings. The molecule has 0 rings (SSSR count). The van der Waals surface area contributed by atoms with Crippen LogP contribution in [0.3, 0.4) is 0 Å². The van der Waals surface area contributed by atoms with Crippen molar-refractivity contribution >= 4 is 6.29 Å². The third-order valence-corrected chi connectivity index (χ3v) is 0.175. The van der Waals surface area contributed by atoms with Gasteiger partial charge in [-0.15, -0.1) is 0 Å². The minimum absolute atomic E-state index is 0. The summed E-state index contributed by atoms with van der Waals surface area (Å²) in [4.78, 5) is 9.32. The smallest absolute Gasteiger partial charge is 0.106 e. The fourth-order valence-corrected chi connectivity index (χ4v) is 0. The molecular weight excluding hydrogens is 155 g/mol. The molecule has 1 radical (unpaired) electrons. The monoisotopic (exact) mass is 161 g/mol. The maximum atomic E-state index is 9.32. The number of nitrogens with two attached hydrogens (primary N) is 1. The maximum absolute atomic E-state index is 9.32. The molecule has 0 spiro atoms. The van der Waals surface area contributed by atoms with Crippen LogP contribution in [-0.2, 0) is 37.5 Å². The number of hydrogen-bond donors (Lipinski definition) is 1. The van der Waals surface area contributed by atoms with Gasteiger partial charge in [-0.1, -0.05) is 6.04 Å². The van der Waals surface area contributed by atoms with Gasteiger partial charge in [-0.3, -0.25) is 0 Å². The summed E-state index contributed by atoms with van der Waals surface area (Å²) in [6.07, 6.45) is 0.583. The number of rotatable bonds is 1. The van der Waals surface area contributed by atoms with Crippen LogP contribution in [0, 0.1) is 6.92 Å². The molecule has 0 aromatic heterocycles. The van der Waals surface area contributed by atoms with Crippen molar-refractivity contribution in [1.82, 2.24) is 0 Å². The predicted molar refractivity (Wildman–Crippen MR) is 19.4 cm³/mol. The van der Waals surface area contributed by atoms with E-state index < -0.39 is 6.04 Å². The Morgan fingerprint density at radius 3 is 2.00 bits per heavy atom. The first-order chi connectivity index (χ1) is 2.27. The van der Waals surface area contributed by atoms with E-state index in [0.29, 0.717) is 6.29 Å². The molecule has 1 atom stereocenters. The van der Waals surface area contributed by atoms with Crippen molar-refractivity contribution in [2.24, 2.45) is 5.73 Å². The maximum Gasteiger partial charge on any atom is 0.106 e. The SMILES string of the molecule is [CH2-]C(N)C=O.[Y]. The van der Waals surface area contributed by atoms with Gasteiger partial charge in [0.15, 0.2) is 0 Å². The van der Waals surface area contributed by atoms with E-state index in [4.69, 9.17) is 5.73 Å². The van der Waals surface area contributed by atoms with Crippen LogP contribution in [0.25, 0.3) is 0 Å². The van der Waals surface area contributed by atoms with Gasteiger partial charge in [0.05, 0.1) is 0 Å². The summed E-state index contributed by atoms with van der Waals surface area (Å²) in [6.45, 7) is 3.17. The van der Waals surface area contributed by atoms with Gasteiger partial charge in [-0.05, 0) is 0 Å². The zero-order chi connectivity index (χ0) is 4.28. The minimum Gasteiger partial charge on any atom is -0.350 e. The largest absolute Gasteiger partial charge is 0.350 e. The minimum atomic E-state index is -0.546. The van der Waals surface area contributed by atoms with E-state index >= 15 is 0 Å². The second-order valence-electron chi connectivity index (χ2n) is 0.800. The van der Waals surface area contributed by atoms with Gasteiger partial charge in [0.1, 0.15) is 6.29 Å². The Morgan fingerprint density at radius 1 is 1.83 bits per heavy atom. The molecule has 0 aliphatic carbocycles. The predicted octanol–water partition coefficient (Wildman–Crippen LogP) is -0.656. The Kier molecular flexibility index (Phi) is 9.44. The first-order valence-electron chi connectivity index (χ1n) is 1.31. The standard InChI is InChI=1S/C3H6NO.Y/c1-3(4)2-5;/h2-3H,1,4H2;/q-1;. The second kappa shape index (κ2) is 5.73. The number of carbonyl (C=O) groups excluding carboxylic acids is 1. The molecule has 0 saturated heterocycles. The van der Waals surface area contributed by atoms with E-state index in [-0.39, 0.29) is 32.7 Å². The third-order valence-electron chi connectivity index (χ3n) is 0.175. The first kappa shape index (κ1) is 9.88. The van der Waals surface area contributed by atoms with E-state index in [2.05, 4.69) is 6.92 Å². The molecule has 0 bridgehead atoms. The molecule has 33 valence electrons. The Balaban J connectivity index is 0. The van der Waals surface area contributed by atoms with Gasteiger partial charge in [-0.25, -0.2) is 0 Å². The number of aldehydes is 1. The number of hydrogen-bond acceptors (Lipinski definition) is 2. The van der Waals surface area contributed by atoms with Crippen molar-refractivity contribution in [3.63, 3.8) is 0 Å². The van der Waals surface area contributed by atoms with Crippen LogP contribution in [0.4, 0.5) is 0 Å². The van der Waals surface area contributed by atoms with Crippen LogP contribution in [0.2, 0.25) is 0 Å². The molecule has 0 fully saturated rings. The molecule has 0 amide bonds. The van der Waals surface area contributed by atoms with Crippen LogP contribution in [0.5, 0.6) is 0 Å². The molecular formula is C3H6NOY-. The van der Waals surface area contributed by atoms with Crippen LogP contribution >= 0.6 is 0 Å². The average molecular weight is 161 g/mol. The van der Waals surface area contributed by atoms with Gasteiger partial charge in [0.2, 0.25) is 0 Å². The molecule has 2 N–H and O–H groups in total. The quantitative estimate of drug-likeness (QED) is 0.410. The number of carbonyl (C=O) groups is 1. The summed E-state index contributed by atoms with van der Waals surface area (Å²) in [5.41, 5.74) is 4.81. The molecule has 0 saturated carbocycles. The van der Waals surface area contributed by atoms with Gasteiger partial charge in [0.25, 0.3) is 0 Å². The van der Waals surface area contributed by atoms with Gasteiger partial charge in [0, 0.05) is 32.7 Å². The van der Waals surface area contributed by atoms with E-state index in [0.717, 1.165) is 0 Å². The van der Waals surface area contributed by atoms with Gasteiger partial charge >= 0.3 is 0 Å². The summed E-state index contributed by atoms with van der Waals surface area (Å²) < 4.78 is 0. The van der Waals surface area contributed by atoms with E-state index in [1.54, 1.807) is 0 Å². The van der Waals surface area contributed by atoms with Crippen LogP contribution in [0.1, 0.15) is 0 Å². The Hall–Kier alpha value is 0.734. The second-order valence-corrected chi connectivity index (χ2v) is 0.800. The normalized spacial score (nSPS) is 11.7. The van der Waals surface area contributed by atoms with Crippen molar-refractivity contribution in [2.75, 3.05) is 0 Å². The molecule has 2 nitrogen and oxygen atoms in total. The zero-order valence-electron chi connectivity index (χ0n) is 3.42. The Bertz CT molecular complexity index is 37.8. The van der Waals surface area contributed by atoms with Crippen molar-refractivity contribution < 1.29 is 37.5 Å². The topological polar surface area (TPSA) is 43.1 Å². The van der Waals surface area contributed by atoms with Gasteiger partial charge in [-0.2, -0.15) is 0 Å². The van der Waals surface area contributed by atoms with Crippen molar-refractivity contribution in [1.29, 1.82) is 0 Å². The van der Waals surface area contributed by atoms with E-state index in [1.165, 1.54) is 0 Å². The fourth-order valence-electron chi connectivity index (χ4n) is 0. The summed E-state index contributed by atoms with van der Waals surface area (Å²) in [5, 5.41) is 0. The van der Waals surface area contributed by atoms with Gasteiger partial charge < -0.3 is 17.5 Å². The van der Waals surface area contributed by atoms with Crippen LogP contribution in [-0.4, -0.2) is 12.3 Å². The summed E-state index contributed by atoms with van der Waals surface area (Å²) in [6, 6.07) is -0.546. The van der Waals surface area contributed by atoms with Crippen molar-refractivity contribution in [3.8, 4) is 0 Å². The van der Waals surface area contributed by atoms with Crippen LogP contribution in [0.15, 0.2) is 0 Å². The van der Waals surface area contributed by atoms with Crippen molar-refractivity contribution in [3.05, 3.63) is 6.92 Å². The third kappa shape index (κ3) is 8.83. The summed E-state index contributed by atoms with van der Waals surface area (Å²) in [7, 11) is 0. The zero-order valence-corrected chi connectivity index (χ0v) is 6.26. The summed E-state index contributed by atoms with van der Waals surface area (Å²) in [5.74, 6) is 0. The Morgan fingerprint density at radius 2 is 2.00 bits per heavy atom. The molecule has 1 unspecified atom stereocenters. The fraction of sp³-hybridized carbons (Fsp3) is 0.333. The van der Waals surface area contributed by atoms with Crippen molar-refractivity contribution in [2.45, 2.75) is 6.04 Å². The molecule has 3 heteroatoms. The molecule has 0 aromatic carbocycles. The Labute approximate surface area is 62.4 Å². The average Bonchev–Trinajstić information content (AvgIpc) is 1.38. The molecule has 6 heavy (non-hydrogen) atoms. The molecule has 0 heterocycles. The molecule has 0 aliphatic heterocycles.